The van der Waals surface area contributed by atoms with Crippen LogP contribution in [0.5, 0.6) is 0 Å². The first kappa shape index (κ1) is 9.31. The first-order valence-corrected chi connectivity index (χ1v) is 4.28. The summed E-state index contributed by atoms with van der Waals surface area (Å²) in [4.78, 5) is 0. The summed E-state index contributed by atoms with van der Waals surface area (Å²) < 4.78 is 0. The monoisotopic (exact) mass is 147 g/mol. The van der Waals surface area contributed by atoms with Crippen LogP contribution in [0.3, 0.4) is 0 Å². The smallest absolute Gasteiger partial charge is 0.0127 e. The molecule has 0 aromatic carbocycles. The van der Waals surface area contributed by atoms with Crippen molar-refractivity contribution < 1.29 is 0 Å². The molecule has 1 atom stereocenters. The zero-order valence-electron chi connectivity index (χ0n) is 6.35. The summed E-state index contributed by atoms with van der Waals surface area (Å²) in [6.45, 7) is 5.49. The number of hydrogen-bond donors (Lipinski definition) is 2. The summed E-state index contributed by atoms with van der Waals surface area (Å²) in [6, 6.07) is 0.569. The second kappa shape index (κ2) is 6.43. The Hall–Kier alpha value is 0.310. The first-order valence-electron chi connectivity index (χ1n) is 3.65. The third kappa shape index (κ3) is 6.19. The lowest BCUT2D eigenvalue weighted by atomic mass is 10.3. The van der Waals surface area contributed by atoms with Crippen LogP contribution in [-0.4, -0.2) is 18.3 Å². The fourth-order valence-corrected chi connectivity index (χ4v) is 0.719. The fourth-order valence-electron chi connectivity index (χ4n) is 0.590. The number of hydrogen-bond acceptors (Lipinski definition) is 2. The molecule has 2 heteroatoms. The lowest BCUT2D eigenvalue weighted by Gasteiger charge is -2.08. The molecule has 0 bridgehead atoms. The third-order valence-electron chi connectivity index (χ3n) is 1.30. The van der Waals surface area contributed by atoms with Crippen LogP contribution in [0.15, 0.2) is 0 Å². The molecule has 1 nitrogen and oxygen atoms in total. The number of rotatable bonds is 5. The number of thiol groups is 1. The summed E-state index contributed by atoms with van der Waals surface area (Å²) >= 11 is 4.16. The van der Waals surface area contributed by atoms with Gasteiger partial charge in [0.25, 0.3) is 0 Å². The third-order valence-corrected chi connectivity index (χ3v) is 1.84. The Labute approximate surface area is 63.6 Å². The fraction of sp³-hybridized carbons (Fsp3) is 1.00. The Balaban J connectivity index is 2.88. The van der Waals surface area contributed by atoms with E-state index in [0.717, 1.165) is 12.3 Å². The quantitative estimate of drug-likeness (QED) is 0.445. The molecule has 0 saturated carbocycles. The van der Waals surface area contributed by atoms with E-state index in [-0.39, 0.29) is 0 Å². The SMILES string of the molecule is CCCCNC(C)CS. The van der Waals surface area contributed by atoms with E-state index in [0.29, 0.717) is 6.04 Å². The van der Waals surface area contributed by atoms with Crippen molar-refractivity contribution in [1.82, 2.24) is 5.32 Å². The van der Waals surface area contributed by atoms with Gasteiger partial charge in [0, 0.05) is 11.8 Å². The van der Waals surface area contributed by atoms with Gasteiger partial charge in [-0.25, -0.2) is 0 Å². The largest absolute Gasteiger partial charge is 0.313 e. The molecule has 0 radical (unpaired) electrons. The summed E-state index contributed by atoms with van der Waals surface area (Å²) in [5.41, 5.74) is 0. The van der Waals surface area contributed by atoms with Crippen LogP contribution in [0.2, 0.25) is 0 Å². The van der Waals surface area contributed by atoms with Crippen molar-refractivity contribution in [3.05, 3.63) is 0 Å². The van der Waals surface area contributed by atoms with Gasteiger partial charge in [0.1, 0.15) is 0 Å². The zero-order valence-corrected chi connectivity index (χ0v) is 7.25. The Bertz CT molecular complexity index is 56.9. The standard InChI is InChI=1S/C7H17NS/c1-3-4-5-8-7(2)6-9/h7-9H,3-6H2,1-2H3. The molecule has 0 fully saturated rings. The second-order valence-electron chi connectivity index (χ2n) is 2.39. The van der Waals surface area contributed by atoms with Crippen molar-refractivity contribution in [1.29, 1.82) is 0 Å². The van der Waals surface area contributed by atoms with Crippen LogP contribution in [0.25, 0.3) is 0 Å². The molecule has 0 amide bonds. The topological polar surface area (TPSA) is 12.0 Å². The summed E-state index contributed by atoms with van der Waals surface area (Å²) in [5.74, 6) is 0.934. The molecule has 0 aliphatic carbocycles. The molecule has 1 N–H and O–H groups in total. The predicted octanol–water partition coefficient (Wildman–Crippen LogP) is 1.69. The Morgan fingerprint density at radius 2 is 2.22 bits per heavy atom. The maximum Gasteiger partial charge on any atom is 0.0127 e. The molecule has 56 valence electrons. The van der Waals surface area contributed by atoms with Gasteiger partial charge in [-0.3, -0.25) is 0 Å². The molecule has 0 heterocycles. The highest BCUT2D eigenvalue weighted by molar-refractivity contribution is 7.80. The Kier molecular flexibility index (Phi) is 6.65. The van der Waals surface area contributed by atoms with Crippen molar-refractivity contribution in [2.45, 2.75) is 32.7 Å². The molecule has 0 aromatic rings. The van der Waals surface area contributed by atoms with Crippen LogP contribution in [0.1, 0.15) is 26.7 Å². The van der Waals surface area contributed by atoms with Crippen LogP contribution in [-0.2, 0) is 0 Å². The van der Waals surface area contributed by atoms with Crippen LogP contribution >= 0.6 is 12.6 Å². The average molecular weight is 147 g/mol. The highest BCUT2D eigenvalue weighted by Crippen LogP contribution is 1.87. The molecule has 0 spiro atoms. The minimum Gasteiger partial charge on any atom is -0.313 e. The van der Waals surface area contributed by atoms with Gasteiger partial charge in [0.15, 0.2) is 0 Å². The summed E-state index contributed by atoms with van der Waals surface area (Å²) in [7, 11) is 0. The van der Waals surface area contributed by atoms with E-state index < -0.39 is 0 Å². The number of nitrogens with one attached hydrogen (secondary N) is 1. The highest BCUT2D eigenvalue weighted by atomic mass is 32.1. The van der Waals surface area contributed by atoms with Crippen LogP contribution in [0, 0.1) is 0 Å². The van der Waals surface area contributed by atoms with Gasteiger partial charge in [-0.15, -0.1) is 0 Å². The van der Waals surface area contributed by atoms with Gasteiger partial charge in [-0.2, -0.15) is 12.6 Å². The molecule has 0 aromatic heterocycles. The molecular weight excluding hydrogens is 130 g/mol. The van der Waals surface area contributed by atoms with E-state index in [1.54, 1.807) is 0 Å². The van der Waals surface area contributed by atoms with E-state index in [1.165, 1.54) is 12.8 Å². The van der Waals surface area contributed by atoms with Gasteiger partial charge in [0.05, 0.1) is 0 Å². The normalized spacial score (nSPS) is 13.7. The first-order chi connectivity index (χ1) is 4.31. The Morgan fingerprint density at radius 3 is 2.67 bits per heavy atom. The van der Waals surface area contributed by atoms with Crippen molar-refractivity contribution in [2.24, 2.45) is 0 Å². The highest BCUT2D eigenvalue weighted by Gasteiger charge is 1.93. The zero-order chi connectivity index (χ0) is 7.11. The van der Waals surface area contributed by atoms with Crippen LogP contribution < -0.4 is 5.32 Å². The summed E-state index contributed by atoms with van der Waals surface area (Å²) in [5, 5.41) is 3.36. The van der Waals surface area contributed by atoms with Crippen molar-refractivity contribution >= 4 is 12.6 Å². The van der Waals surface area contributed by atoms with Crippen LogP contribution in [0.4, 0.5) is 0 Å². The Morgan fingerprint density at radius 1 is 1.56 bits per heavy atom. The van der Waals surface area contributed by atoms with Gasteiger partial charge >= 0.3 is 0 Å². The lowest BCUT2D eigenvalue weighted by Crippen LogP contribution is -2.28. The van der Waals surface area contributed by atoms with Gasteiger partial charge in [-0.05, 0) is 19.9 Å². The molecule has 1 unspecified atom stereocenters. The van der Waals surface area contributed by atoms with E-state index in [4.69, 9.17) is 0 Å². The molecular formula is C7H17NS. The second-order valence-corrected chi connectivity index (χ2v) is 2.76. The molecule has 0 saturated heterocycles. The maximum atomic E-state index is 4.16. The molecule has 0 aliphatic heterocycles. The van der Waals surface area contributed by atoms with E-state index >= 15 is 0 Å². The van der Waals surface area contributed by atoms with Crippen molar-refractivity contribution in [3.63, 3.8) is 0 Å². The minimum atomic E-state index is 0.569. The van der Waals surface area contributed by atoms with Crippen molar-refractivity contribution in [2.75, 3.05) is 12.3 Å². The van der Waals surface area contributed by atoms with Gasteiger partial charge in [0.2, 0.25) is 0 Å². The van der Waals surface area contributed by atoms with Gasteiger partial charge < -0.3 is 5.32 Å². The van der Waals surface area contributed by atoms with E-state index in [1.807, 2.05) is 0 Å². The molecule has 9 heavy (non-hydrogen) atoms. The predicted molar refractivity (Wildman–Crippen MR) is 46.2 cm³/mol. The maximum absolute atomic E-state index is 4.16. The minimum absolute atomic E-state index is 0.569. The molecule has 0 aliphatic rings. The molecule has 0 rings (SSSR count). The average Bonchev–Trinajstić information content (AvgIpc) is 1.89. The van der Waals surface area contributed by atoms with Crippen molar-refractivity contribution in [3.8, 4) is 0 Å². The van der Waals surface area contributed by atoms with Gasteiger partial charge in [-0.1, -0.05) is 13.3 Å². The van der Waals surface area contributed by atoms with E-state index in [9.17, 15) is 0 Å². The summed E-state index contributed by atoms with van der Waals surface area (Å²) in [6.07, 6.45) is 2.55. The lowest BCUT2D eigenvalue weighted by molar-refractivity contribution is 0.573. The number of unbranched alkanes of at least 4 members (excludes halogenated alkanes) is 1. The van der Waals surface area contributed by atoms with E-state index in [2.05, 4.69) is 31.8 Å².